The highest BCUT2D eigenvalue weighted by Crippen LogP contribution is 2.31. The normalized spacial score (nSPS) is 12.6. The number of anilines is 3. The van der Waals surface area contributed by atoms with E-state index < -0.39 is 0 Å². The van der Waals surface area contributed by atoms with Gasteiger partial charge in [0.15, 0.2) is 0 Å². The summed E-state index contributed by atoms with van der Waals surface area (Å²) in [6.45, 7) is 4.98. The molecule has 0 spiro atoms. The number of nitrogens with two attached hydrogens (primary N) is 1. The zero-order valence-electron chi connectivity index (χ0n) is 14.4. The number of rotatable bonds is 3. The molecule has 6 nitrogen and oxygen atoms in total. The summed E-state index contributed by atoms with van der Waals surface area (Å²) in [6, 6.07) is 10.8. The first-order chi connectivity index (χ1) is 12.0. The van der Waals surface area contributed by atoms with Crippen molar-refractivity contribution >= 4 is 29.0 Å². The topological polar surface area (TPSA) is 87.5 Å². The number of fused-ring (bicyclic) bond motifs is 1. The molecule has 0 saturated carbocycles. The van der Waals surface area contributed by atoms with Gasteiger partial charge >= 0.3 is 6.03 Å². The molecule has 3 amide bonds. The van der Waals surface area contributed by atoms with Gasteiger partial charge in [-0.15, -0.1) is 0 Å². The lowest BCUT2D eigenvalue weighted by Gasteiger charge is -2.18. The molecule has 130 valence electrons. The lowest BCUT2D eigenvalue weighted by molar-refractivity contribution is 0.102. The third-order valence-corrected chi connectivity index (χ3v) is 4.32. The summed E-state index contributed by atoms with van der Waals surface area (Å²) < 4.78 is 0. The molecule has 3 rings (SSSR count). The van der Waals surface area contributed by atoms with Gasteiger partial charge in [-0.25, -0.2) is 4.79 Å². The quantitative estimate of drug-likeness (QED) is 0.752. The lowest BCUT2D eigenvalue weighted by Crippen LogP contribution is -2.38. The molecule has 0 radical (unpaired) electrons. The van der Waals surface area contributed by atoms with Crippen LogP contribution in [0.25, 0.3) is 0 Å². The van der Waals surface area contributed by atoms with Gasteiger partial charge in [0.25, 0.3) is 5.91 Å². The number of nitrogen functional groups attached to an aromatic ring is 1. The minimum absolute atomic E-state index is 0.114. The van der Waals surface area contributed by atoms with E-state index in [9.17, 15) is 9.59 Å². The molecular weight excluding hydrogens is 316 g/mol. The molecule has 1 heterocycles. The molecule has 6 heteroatoms. The molecule has 0 aromatic heterocycles. The summed E-state index contributed by atoms with van der Waals surface area (Å²) in [4.78, 5) is 26.4. The number of carbonyl (C=O) groups is 2. The number of aryl methyl sites for hydroxylation is 1. The Kier molecular flexibility index (Phi) is 4.61. The molecular formula is C19H22N4O2. The predicted molar refractivity (Wildman–Crippen MR) is 100 cm³/mol. The van der Waals surface area contributed by atoms with Crippen molar-refractivity contribution in [2.45, 2.75) is 20.3 Å². The SMILES string of the molecule is CCNC(=O)N1CCc2ccc(NC(=O)c3cc(N)ccc3C)cc21. The first kappa shape index (κ1) is 16.8. The monoisotopic (exact) mass is 338 g/mol. The van der Waals surface area contributed by atoms with E-state index in [4.69, 9.17) is 5.73 Å². The van der Waals surface area contributed by atoms with Gasteiger partial charge in [-0.1, -0.05) is 12.1 Å². The zero-order chi connectivity index (χ0) is 18.0. The number of nitrogens with zero attached hydrogens (tertiary/aromatic N) is 1. The van der Waals surface area contributed by atoms with Crippen LogP contribution in [0, 0.1) is 6.92 Å². The maximum Gasteiger partial charge on any atom is 0.321 e. The minimum Gasteiger partial charge on any atom is -0.399 e. The van der Waals surface area contributed by atoms with E-state index in [0.717, 1.165) is 23.2 Å². The fourth-order valence-corrected chi connectivity index (χ4v) is 3.00. The molecule has 0 bridgehead atoms. The number of benzene rings is 2. The van der Waals surface area contributed by atoms with Gasteiger partial charge in [0.05, 0.1) is 5.69 Å². The van der Waals surface area contributed by atoms with E-state index in [1.807, 2.05) is 38.1 Å². The Balaban J connectivity index is 1.83. The molecule has 1 aliphatic rings. The second kappa shape index (κ2) is 6.84. The van der Waals surface area contributed by atoms with E-state index in [2.05, 4.69) is 10.6 Å². The number of amides is 3. The van der Waals surface area contributed by atoms with Crippen molar-refractivity contribution in [1.29, 1.82) is 0 Å². The Labute approximate surface area is 147 Å². The summed E-state index contributed by atoms with van der Waals surface area (Å²) in [5, 5.41) is 5.71. The van der Waals surface area contributed by atoms with Crippen LogP contribution in [0.2, 0.25) is 0 Å². The molecule has 0 aliphatic carbocycles. The number of hydrogen-bond donors (Lipinski definition) is 3. The first-order valence-corrected chi connectivity index (χ1v) is 8.35. The van der Waals surface area contributed by atoms with Crippen LogP contribution < -0.4 is 21.3 Å². The van der Waals surface area contributed by atoms with Crippen molar-refractivity contribution in [3.05, 3.63) is 53.1 Å². The van der Waals surface area contributed by atoms with Gasteiger partial charge in [-0.05, 0) is 55.7 Å². The molecule has 0 unspecified atom stereocenters. The van der Waals surface area contributed by atoms with Crippen LogP contribution in [0.15, 0.2) is 36.4 Å². The van der Waals surface area contributed by atoms with Crippen LogP contribution in [0.4, 0.5) is 21.9 Å². The molecule has 1 aliphatic heterocycles. The van der Waals surface area contributed by atoms with Crippen molar-refractivity contribution in [2.75, 3.05) is 29.0 Å². The van der Waals surface area contributed by atoms with Crippen LogP contribution in [0.3, 0.4) is 0 Å². The zero-order valence-corrected chi connectivity index (χ0v) is 14.4. The third kappa shape index (κ3) is 3.42. The van der Waals surface area contributed by atoms with Gasteiger partial charge in [0.2, 0.25) is 0 Å². The summed E-state index contributed by atoms with van der Waals surface area (Å²) in [7, 11) is 0. The van der Waals surface area contributed by atoms with Crippen LogP contribution in [0.1, 0.15) is 28.4 Å². The molecule has 0 fully saturated rings. The van der Waals surface area contributed by atoms with Crippen molar-refractivity contribution in [2.24, 2.45) is 0 Å². The van der Waals surface area contributed by atoms with Crippen LogP contribution in [-0.2, 0) is 6.42 Å². The molecule has 25 heavy (non-hydrogen) atoms. The first-order valence-electron chi connectivity index (χ1n) is 8.35. The van der Waals surface area contributed by atoms with Gasteiger partial charge < -0.3 is 16.4 Å². The lowest BCUT2D eigenvalue weighted by atomic mass is 10.1. The molecule has 0 saturated heterocycles. The van der Waals surface area contributed by atoms with Gasteiger partial charge in [-0.2, -0.15) is 0 Å². The highest BCUT2D eigenvalue weighted by Gasteiger charge is 2.24. The van der Waals surface area contributed by atoms with Crippen molar-refractivity contribution in [1.82, 2.24) is 5.32 Å². The molecule has 0 atom stereocenters. The van der Waals surface area contributed by atoms with Gasteiger partial charge in [-0.3, -0.25) is 9.69 Å². The Bertz CT molecular complexity index is 832. The Morgan fingerprint density at radius 3 is 2.76 bits per heavy atom. The number of urea groups is 1. The fraction of sp³-hybridized carbons (Fsp3) is 0.263. The predicted octanol–water partition coefficient (Wildman–Crippen LogP) is 2.92. The van der Waals surface area contributed by atoms with Crippen molar-refractivity contribution in [3.63, 3.8) is 0 Å². The van der Waals surface area contributed by atoms with E-state index in [1.165, 1.54) is 0 Å². The number of hydrogen-bond acceptors (Lipinski definition) is 3. The maximum atomic E-state index is 12.5. The molecule has 2 aromatic carbocycles. The highest BCUT2D eigenvalue weighted by molar-refractivity contribution is 6.06. The average Bonchev–Trinajstić information content (AvgIpc) is 3.00. The van der Waals surface area contributed by atoms with Crippen LogP contribution >= 0.6 is 0 Å². The Morgan fingerprint density at radius 2 is 2.00 bits per heavy atom. The van der Waals surface area contributed by atoms with Crippen molar-refractivity contribution in [3.8, 4) is 0 Å². The molecule has 4 N–H and O–H groups in total. The number of nitrogens with one attached hydrogen (secondary N) is 2. The summed E-state index contributed by atoms with van der Waals surface area (Å²) in [6.07, 6.45) is 0.815. The highest BCUT2D eigenvalue weighted by atomic mass is 16.2. The van der Waals surface area contributed by atoms with Gasteiger partial charge in [0, 0.05) is 30.0 Å². The summed E-state index contributed by atoms with van der Waals surface area (Å²) in [5.74, 6) is -0.215. The second-order valence-corrected chi connectivity index (χ2v) is 6.11. The maximum absolute atomic E-state index is 12.5. The second-order valence-electron chi connectivity index (χ2n) is 6.11. The standard InChI is InChI=1S/C19H22N4O2/c1-3-21-19(25)23-9-8-13-5-7-15(11-17(13)23)22-18(24)16-10-14(20)6-4-12(16)2/h4-7,10-11H,3,8-9,20H2,1-2H3,(H,21,25)(H,22,24). The van der Waals surface area contributed by atoms with E-state index in [1.54, 1.807) is 17.0 Å². The largest absolute Gasteiger partial charge is 0.399 e. The fourth-order valence-electron chi connectivity index (χ4n) is 3.00. The van der Waals surface area contributed by atoms with Crippen molar-refractivity contribution < 1.29 is 9.59 Å². The molecule has 2 aromatic rings. The number of carbonyl (C=O) groups excluding carboxylic acids is 2. The minimum atomic E-state index is -0.215. The smallest absolute Gasteiger partial charge is 0.321 e. The van der Waals surface area contributed by atoms with Crippen LogP contribution in [0.5, 0.6) is 0 Å². The Hall–Kier alpha value is -3.02. The van der Waals surface area contributed by atoms with Gasteiger partial charge in [0.1, 0.15) is 0 Å². The van der Waals surface area contributed by atoms with E-state index in [0.29, 0.717) is 30.0 Å². The van der Waals surface area contributed by atoms with Crippen LogP contribution in [-0.4, -0.2) is 25.0 Å². The Morgan fingerprint density at radius 1 is 1.20 bits per heavy atom. The summed E-state index contributed by atoms with van der Waals surface area (Å²) in [5.41, 5.74) is 10.3. The third-order valence-electron chi connectivity index (χ3n) is 4.32. The van der Waals surface area contributed by atoms with E-state index in [-0.39, 0.29) is 11.9 Å². The van der Waals surface area contributed by atoms with E-state index >= 15 is 0 Å². The summed E-state index contributed by atoms with van der Waals surface area (Å²) >= 11 is 0. The average molecular weight is 338 g/mol.